The second kappa shape index (κ2) is 4.90. The molecule has 0 aliphatic heterocycles. The summed E-state index contributed by atoms with van der Waals surface area (Å²) in [6.45, 7) is 11.6. The van der Waals surface area contributed by atoms with Crippen molar-refractivity contribution < 1.29 is 9.59 Å². The highest BCUT2D eigenvalue weighted by atomic mass is 16.2. The first kappa shape index (κ1) is 15.0. The van der Waals surface area contributed by atoms with E-state index in [1.165, 1.54) is 0 Å². The molecule has 1 aliphatic rings. The molecular weight excluding hydrogens is 228 g/mol. The van der Waals surface area contributed by atoms with Crippen LogP contribution in [0.1, 0.15) is 54.4 Å². The number of ketones is 1. The van der Waals surface area contributed by atoms with E-state index < -0.39 is 11.5 Å². The van der Waals surface area contributed by atoms with E-state index in [1.54, 1.807) is 0 Å². The maximum absolute atomic E-state index is 12.4. The minimum Gasteiger partial charge on any atom is -0.335 e. The van der Waals surface area contributed by atoms with Crippen molar-refractivity contribution in [1.29, 1.82) is 0 Å². The SMILES string of the molecule is CC(C)(C)C(=O)C(NC(=O)NC1CC1)C(C)(C)C. The van der Waals surface area contributed by atoms with E-state index in [0.29, 0.717) is 6.04 Å². The van der Waals surface area contributed by atoms with Gasteiger partial charge in [-0.25, -0.2) is 4.79 Å². The minimum absolute atomic E-state index is 0.0703. The van der Waals surface area contributed by atoms with Gasteiger partial charge < -0.3 is 10.6 Å². The van der Waals surface area contributed by atoms with Crippen molar-refractivity contribution in [2.45, 2.75) is 66.5 Å². The molecule has 1 unspecified atom stereocenters. The van der Waals surface area contributed by atoms with Crippen LogP contribution in [0, 0.1) is 10.8 Å². The zero-order valence-electron chi connectivity index (χ0n) is 12.4. The fourth-order valence-electron chi connectivity index (χ4n) is 1.69. The topological polar surface area (TPSA) is 58.2 Å². The van der Waals surface area contributed by atoms with Gasteiger partial charge in [0.1, 0.15) is 0 Å². The van der Waals surface area contributed by atoms with Gasteiger partial charge in [0.25, 0.3) is 0 Å². The summed E-state index contributed by atoms with van der Waals surface area (Å²) >= 11 is 0. The van der Waals surface area contributed by atoms with Crippen LogP contribution >= 0.6 is 0 Å². The van der Waals surface area contributed by atoms with Crippen molar-refractivity contribution in [3.63, 3.8) is 0 Å². The van der Waals surface area contributed by atoms with Gasteiger partial charge in [-0.2, -0.15) is 0 Å². The number of hydrogen-bond donors (Lipinski definition) is 2. The molecule has 0 bridgehead atoms. The molecule has 2 N–H and O–H groups in total. The van der Waals surface area contributed by atoms with Crippen LogP contribution in [0.5, 0.6) is 0 Å². The van der Waals surface area contributed by atoms with Crippen LogP contribution in [-0.4, -0.2) is 23.9 Å². The molecule has 1 aliphatic carbocycles. The van der Waals surface area contributed by atoms with Crippen molar-refractivity contribution >= 4 is 11.8 Å². The van der Waals surface area contributed by atoms with Gasteiger partial charge >= 0.3 is 6.03 Å². The van der Waals surface area contributed by atoms with Crippen LogP contribution in [0.25, 0.3) is 0 Å². The molecule has 0 saturated heterocycles. The van der Waals surface area contributed by atoms with Crippen molar-refractivity contribution in [3.05, 3.63) is 0 Å². The zero-order chi connectivity index (χ0) is 14.1. The summed E-state index contributed by atoms with van der Waals surface area (Å²) in [5, 5.41) is 5.70. The van der Waals surface area contributed by atoms with Gasteiger partial charge in [0.2, 0.25) is 0 Å². The third-order valence-electron chi connectivity index (χ3n) is 3.06. The first-order chi connectivity index (χ1) is 8.01. The smallest absolute Gasteiger partial charge is 0.315 e. The maximum Gasteiger partial charge on any atom is 0.315 e. The maximum atomic E-state index is 12.4. The van der Waals surface area contributed by atoms with E-state index in [4.69, 9.17) is 0 Å². The summed E-state index contributed by atoms with van der Waals surface area (Å²) < 4.78 is 0. The van der Waals surface area contributed by atoms with Gasteiger partial charge in [0.05, 0.1) is 6.04 Å². The molecule has 0 radical (unpaired) electrons. The fourth-order valence-corrected chi connectivity index (χ4v) is 1.69. The third-order valence-corrected chi connectivity index (χ3v) is 3.06. The van der Waals surface area contributed by atoms with E-state index in [1.807, 2.05) is 41.5 Å². The van der Waals surface area contributed by atoms with E-state index >= 15 is 0 Å². The number of nitrogens with one attached hydrogen (secondary N) is 2. The quantitative estimate of drug-likeness (QED) is 0.813. The molecule has 4 heteroatoms. The predicted octanol–water partition coefficient (Wildman–Crippen LogP) is 2.48. The summed E-state index contributed by atoms with van der Waals surface area (Å²) in [5.74, 6) is 0.0703. The first-order valence-corrected chi connectivity index (χ1v) is 6.63. The van der Waals surface area contributed by atoms with Crippen molar-refractivity contribution in [2.24, 2.45) is 10.8 Å². The largest absolute Gasteiger partial charge is 0.335 e. The van der Waals surface area contributed by atoms with Gasteiger partial charge in [-0.3, -0.25) is 4.79 Å². The van der Waals surface area contributed by atoms with Gasteiger partial charge in [-0.1, -0.05) is 41.5 Å². The number of rotatable bonds is 3. The molecule has 0 spiro atoms. The zero-order valence-corrected chi connectivity index (χ0v) is 12.4. The van der Waals surface area contributed by atoms with Gasteiger partial charge in [-0.15, -0.1) is 0 Å². The lowest BCUT2D eigenvalue weighted by Gasteiger charge is -2.34. The Bertz CT molecular complexity index is 333. The number of amides is 2. The van der Waals surface area contributed by atoms with Gasteiger partial charge in [-0.05, 0) is 18.3 Å². The summed E-state index contributed by atoms with van der Waals surface area (Å²) in [6, 6.07) is -0.387. The average Bonchev–Trinajstić information content (AvgIpc) is 2.93. The molecule has 0 heterocycles. The molecule has 1 saturated carbocycles. The number of carbonyl (C=O) groups excluding carboxylic acids is 2. The Morgan fingerprint density at radius 2 is 1.56 bits per heavy atom. The Kier molecular flexibility index (Phi) is 4.08. The lowest BCUT2D eigenvalue weighted by molar-refractivity contribution is -0.130. The highest BCUT2D eigenvalue weighted by molar-refractivity contribution is 5.92. The molecule has 4 nitrogen and oxygen atoms in total. The molecule has 2 amide bonds. The Morgan fingerprint density at radius 3 is 1.89 bits per heavy atom. The van der Waals surface area contributed by atoms with Gasteiger partial charge in [0, 0.05) is 11.5 Å². The van der Waals surface area contributed by atoms with E-state index in [0.717, 1.165) is 12.8 Å². The monoisotopic (exact) mass is 254 g/mol. The number of hydrogen-bond acceptors (Lipinski definition) is 2. The normalized spacial score (nSPS) is 18.1. The van der Waals surface area contributed by atoms with E-state index in [-0.39, 0.29) is 17.2 Å². The molecule has 0 aromatic rings. The lowest BCUT2D eigenvalue weighted by atomic mass is 9.76. The fraction of sp³-hybridized carbons (Fsp3) is 0.857. The summed E-state index contributed by atoms with van der Waals surface area (Å²) in [7, 11) is 0. The molecular formula is C14H26N2O2. The van der Waals surface area contributed by atoms with Crippen molar-refractivity contribution in [2.75, 3.05) is 0 Å². The molecule has 0 aromatic heterocycles. The Balaban J connectivity index is 2.72. The van der Waals surface area contributed by atoms with Gasteiger partial charge in [0.15, 0.2) is 5.78 Å². The van der Waals surface area contributed by atoms with Crippen LogP contribution in [-0.2, 0) is 4.79 Å². The average molecular weight is 254 g/mol. The summed E-state index contributed by atoms with van der Waals surface area (Å²) in [5.41, 5.74) is -0.740. The first-order valence-electron chi connectivity index (χ1n) is 6.63. The Hall–Kier alpha value is -1.06. The molecule has 18 heavy (non-hydrogen) atoms. The molecule has 1 atom stereocenters. The molecule has 1 fully saturated rings. The summed E-state index contributed by atoms with van der Waals surface area (Å²) in [4.78, 5) is 24.2. The highest BCUT2D eigenvalue weighted by Gasteiger charge is 2.38. The second-order valence-electron chi connectivity index (χ2n) is 7.31. The Labute approximate surface area is 110 Å². The summed E-state index contributed by atoms with van der Waals surface area (Å²) in [6.07, 6.45) is 2.08. The van der Waals surface area contributed by atoms with E-state index in [9.17, 15) is 9.59 Å². The molecule has 1 rings (SSSR count). The number of urea groups is 1. The van der Waals surface area contributed by atoms with E-state index in [2.05, 4.69) is 10.6 Å². The van der Waals surface area contributed by atoms with Crippen LogP contribution in [0.4, 0.5) is 4.79 Å². The standard InChI is InChI=1S/C14H26N2O2/c1-13(2,3)10(11(17)14(4,5)6)16-12(18)15-9-7-8-9/h9-10H,7-8H2,1-6H3,(H2,15,16,18). The number of carbonyl (C=O) groups is 2. The third kappa shape index (κ3) is 4.31. The molecule has 104 valence electrons. The lowest BCUT2D eigenvalue weighted by Crippen LogP contribution is -2.55. The number of Topliss-reactive ketones (excluding diaryl/α,β-unsaturated/α-hetero) is 1. The highest BCUT2D eigenvalue weighted by Crippen LogP contribution is 2.27. The predicted molar refractivity (Wildman–Crippen MR) is 72.4 cm³/mol. The van der Waals surface area contributed by atoms with Crippen molar-refractivity contribution in [1.82, 2.24) is 10.6 Å². The Morgan fingerprint density at radius 1 is 1.06 bits per heavy atom. The van der Waals surface area contributed by atoms with Crippen LogP contribution in [0.2, 0.25) is 0 Å². The van der Waals surface area contributed by atoms with Crippen LogP contribution in [0.3, 0.4) is 0 Å². The van der Waals surface area contributed by atoms with Crippen LogP contribution < -0.4 is 10.6 Å². The van der Waals surface area contributed by atoms with Crippen LogP contribution in [0.15, 0.2) is 0 Å². The second-order valence-corrected chi connectivity index (χ2v) is 7.31. The van der Waals surface area contributed by atoms with Crippen molar-refractivity contribution in [3.8, 4) is 0 Å². The minimum atomic E-state index is -0.462. The molecule has 0 aromatic carbocycles.